The third kappa shape index (κ3) is 3.91. The van der Waals surface area contributed by atoms with Crippen molar-refractivity contribution in [3.05, 3.63) is 0 Å². The molecular weight excluding hydrogens is 244 g/mol. The Kier molecular flexibility index (Phi) is 4.52. The van der Waals surface area contributed by atoms with Crippen LogP contribution < -0.4 is 5.32 Å². The number of nitrogens with zero attached hydrogens (tertiary/aromatic N) is 1. The zero-order chi connectivity index (χ0) is 11.4. The Balaban J connectivity index is 1.81. The summed E-state index contributed by atoms with van der Waals surface area (Å²) in [6.07, 6.45) is 0.794. The van der Waals surface area contributed by atoms with Gasteiger partial charge in [-0.3, -0.25) is 0 Å². The summed E-state index contributed by atoms with van der Waals surface area (Å²) >= 11 is 1.99. The third-order valence-corrected chi connectivity index (χ3v) is 5.97. The summed E-state index contributed by atoms with van der Waals surface area (Å²) < 4.78 is 22.9. The molecular formula is C10H20N2O2S2. The van der Waals surface area contributed by atoms with Gasteiger partial charge in [-0.15, -0.1) is 0 Å². The number of hydrogen-bond acceptors (Lipinski definition) is 5. The predicted molar refractivity (Wildman–Crippen MR) is 68.8 cm³/mol. The Hall–Kier alpha value is 0.220. The van der Waals surface area contributed by atoms with E-state index in [-0.39, 0.29) is 0 Å². The van der Waals surface area contributed by atoms with Crippen LogP contribution >= 0.6 is 11.8 Å². The third-order valence-electron chi connectivity index (χ3n) is 3.13. The SMILES string of the molecule is O=S1(=O)CCCN(CC2CSCCN2)CC1. The van der Waals surface area contributed by atoms with Gasteiger partial charge in [0, 0.05) is 37.2 Å². The lowest BCUT2D eigenvalue weighted by molar-refractivity contribution is 0.266. The summed E-state index contributed by atoms with van der Waals surface area (Å²) in [5.41, 5.74) is 0. The molecule has 0 saturated carbocycles. The van der Waals surface area contributed by atoms with Crippen molar-refractivity contribution in [1.29, 1.82) is 0 Å². The largest absolute Gasteiger partial charge is 0.311 e. The lowest BCUT2D eigenvalue weighted by atomic mass is 10.3. The van der Waals surface area contributed by atoms with E-state index in [1.54, 1.807) is 0 Å². The molecule has 94 valence electrons. The summed E-state index contributed by atoms with van der Waals surface area (Å²) in [7, 11) is -2.76. The monoisotopic (exact) mass is 264 g/mol. The van der Waals surface area contributed by atoms with Crippen molar-refractivity contribution in [3.8, 4) is 0 Å². The summed E-state index contributed by atoms with van der Waals surface area (Å²) in [6, 6.07) is 0.541. The molecule has 0 bridgehead atoms. The molecule has 2 heterocycles. The van der Waals surface area contributed by atoms with E-state index in [9.17, 15) is 8.42 Å². The van der Waals surface area contributed by atoms with Gasteiger partial charge in [0.1, 0.15) is 0 Å². The van der Waals surface area contributed by atoms with Gasteiger partial charge in [0.2, 0.25) is 0 Å². The van der Waals surface area contributed by atoms with Crippen molar-refractivity contribution in [2.75, 3.05) is 49.2 Å². The highest BCUT2D eigenvalue weighted by molar-refractivity contribution is 7.99. The highest BCUT2D eigenvalue weighted by Gasteiger charge is 2.22. The van der Waals surface area contributed by atoms with Crippen LogP contribution in [0.4, 0.5) is 0 Å². The maximum Gasteiger partial charge on any atom is 0.151 e. The van der Waals surface area contributed by atoms with Crippen LogP contribution in [-0.2, 0) is 9.84 Å². The van der Waals surface area contributed by atoms with E-state index in [0.29, 0.717) is 24.1 Å². The predicted octanol–water partition coefficient (Wildman–Crippen LogP) is -0.188. The Morgan fingerprint density at radius 1 is 1.31 bits per heavy atom. The smallest absolute Gasteiger partial charge is 0.151 e. The van der Waals surface area contributed by atoms with Crippen molar-refractivity contribution in [1.82, 2.24) is 10.2 Å². The second kappa shape index (κ2) is 5.71. The molecule has 0 aromatic rings. The normalized spacial score (nSPS) is 32.1. The molecule has 1 N–H and O–H groups in total. The number of nitrogens with one attached hydrogen (secondary N) is 1. The molecule has 6 heteroatoms. The van der Waals surface area contributed by atoms with Crippen LogP contribution in [0.2, 0.25) is 0 Å². The Labute approximate surface area is 102 Å². The molecule has 0 aliphatic carbocycles. The van der Waals surface area contributed by atoms with Crippen LogP contribution in [-0.4, -0.2) is 68.5 Å². The van der Waals surface area contributed by atoms with Gasteiger partial charge in [-0.05, 0) is 13.0 Å². The van der Waals surface area contributed by atoms with Crippen molar-refractivity contribution in [3.63, 3.8) is 0 Å². The van der Waals surface area contributed by atoms with Crippen LogP contribution in [0.15, 0.2) is 0 Å². The number of thioether (sulfide) groups is 1. The van der Waals surface area contributed by atoms with Crippen molar-refractivity contribution < 1.29 is 8.42 Å². The highest BCUT2D eigenvalue weighted by Crippen LogP contribution is 2.11. The molecule has 0 amide bonds. The van der Waals surface area contributed by atoms with Gasteiger partial charge < -0.3 is 10.2 Å². The van der Waals surface area contributed by atoms with E-state index in [1.807, 2.05) is 11.8 Å². The average molecular weight is 264 g/mol. The highest BCUT2D eigenvalue weighted by atomic mass is 32.2. The fraction of sp³-hybridized carbons (Fsp3) is 1.00. The zero-order valence-corrected chi connectivity index (χ0v) is 11.2. The van der Waals surface area contributed by atoms with Gasteiger partial charge in [-0.1, -0.05) is 0 Å². The maximum absolute atomic E-state index is 11.5. The molecule has 0 radical (unpaired) electrons. The number of rotatable bonds is 2. The fourth-order valence-electron chi connectivity index (χ4n) is 2.22. The van der Waals surface area contributed by atoms with E-state index in [2.05, 4.69) is 10.2 Å². The standard InChI is InChI=1S/C10H20N2O2S2/c13-16(14)6-1-3-12(4-7-16)8-10-9-15-5-2-11-10/h10-11H,1-9H2. The van der Waals surface area contributed by atoms with E-state index in [1.165, 1.54) is 5.75 Å². The molecule has 4 nitrogen and oxygen atoms in total. The van der Waals surface area contributed by atoms with Crippen molar-refractivity contribution in [2.24, 2.45) is 0 Å². The van der Waals surface area contributed by atoms with Crippen molar-refractivity contribution in [2.45, 2.75) is 12.5 Å². The Morgan fingerprint density at radius 2 is 2.19 bits per heavy atom. The molecule has 1 atom stereocenters. The molecule has 2 aliphatic heterocycles. The molecule has 0 spiro atoms. The van der Waals surface area contributed by atoms with E-state index >= 15 is 0 Å². The minimum atomic E-state index is -2.76. The molecule has 2 aliphatic rings. The fourth-order valence-corrected chi connectivity index (χ4v) is 4.47. The van der Waals surface area contributed by atoms with E-state index in [0.717, 1.165) is 31.8 Å². The lowest BCUT2D eigenvalue weighted by Gasteiger charge is -2.29. The lowest BCUT2D eigenvalue weighted by Crippen LogP contribution is -2.46. The van der Waals surface area contributed by atoms with Gasteiger partial charge in [0.05, 0.1) is 11.5 Å². The van der Waals surface area contributed by atoms with Crippen LogP contribution in [0.1, 0.15) is 6.42 Å². The molecule has 2 fully saturated rings. The second-order valence-electron chi connectivity index (χ2n) is 4.53. The van der Waals surface area contributed by atoms with Gasteiger partial charge >= 0.3 is 0 Å². The maximum atomic E-state index is 11.5. The second-order valence-corrected chi connectivity index (χ2v) is 7.99. The van der Waals surface area contributed by atoms with E-state index < -0.39 is 9.84 Å². The van der Waals surface area contributed by atoms with Crippen LogP contribution in [0.5, 0.6) is 0 Å². The van der Waals surface area contributed by atoms with Crippen molar-refractivity contribution >= 4 is 21.6 Å². The average Bonchev–Trinajstić information content (AvgIpc) is 2.42. The molecule has 0 aromatic carbocycles. The van der Waals surface area contributed by atoms with Crippen LogP contribution in [0.3, 0.4) is 0 Å². The summed E-state index contributed by atoms with van der Waals surface area (Å²) in [5.74, 6) is 3.07. The van der Waals surface area contributed by atoms with Gasteiger partial charge in [0.15, 0.2) is 9.84 Å². The molecule has 0 aromatic heterocycles. The van der Waals surface area contributed by atoms with Gasteiger partial charge in [-0.2, -0.15) is 11.8 Å². The Bertz CT molecular complexity index is 313. The number of sulfone groups is 1. The van der Waals surface area contributed by atoms with Gasteiger partial charge in [-0.25, -0.2) is 8.42 Å². The van der Waals surface area contributed by atoms with E-state index in [4.69, 9.17) is 0 Å². The quantitative estimate of drug-likeness (QED) is 0.749. The first-order chi connectivity index (χ1) is 7.66. The number of hydrogen-bond donors (Lipinski definition) is 1. The molecule has 2 saturated heterocycles. The summed E-state index contributed by atoms with van der Waals surface area (Å²) in [4.78, 5) is 2.30. The van der Waals surface area contributed by atoms with Crippen LogP contribution in [0, 0.1) is 0 Å². The molecule has 16 heavy (non-hydrogen) atoms. The summed E-state index contributed by atoms with van der Waals surface area (Å²) in [6.45, 7) is 3.73. The minimum Gasteiger partial charge on any atom is -0.311 e. The Morgan fingerprint density at radius 3 is 2.94 bits per heavy atom. The van der Waals surface area contributed by atoms with Gasteiger partial charge in [0.25, 0.3) is 0 Å². The molecule has 1 unspecified atom stereocenters. The first kappa shape index (κ1) is 12.7. The topological polar surface area (TPSA) is 49.4 Å². The molecule has 2 rings (SSSR count). The minimum absolute atomic E-state index is 0.340. The van der Waals surface area contributed by atoms with Crippen LogP contribution in [0.25, 0.3) is 0 Å². The first-order valence-electron chi connectivity index (χ1n) is 5.90. The first-order valence-corrected chi connectivity index (χ1v) is 8.87. The zero-order valence-electron chi connectivity index (χ0n) is 9.52. The summed E-state index contributed by atoms with van der Waals surface area (Å²) in [5, 5.41) is 3.50.